The van der Waals surface area contributed by atoms with Gasteiger partial charge in [-0.2, -0.15) is 0 Å². The summed E-state index contributed by atoms with van der Waals surface area (Å²) in [5.41, 5.74) is -10.5. The summed E-state index contributed by atoms with van der Waals surface area (Å²) >= 11 is 0. The summed E-state index contributed by atoms with van der Waals surface area (Å²) in [6.45, 7) is 8.60. The molecule has 34 heavy (non-hydrogen) atoms. The van der Waals surface area contributed by atoms with Crippen LogP contribution < -0.4 is 0 Å². The molecular formula is C25H35NO8. The number of H-pyrrole nitrogens is 1. The number of hydrogen-bond acceptors (Lipinski definition) is 8. The monoisotopic (exact) mass is 477 g/mol. The number of carbonyl (C=O) groups excluding carboxylic acids is 1. The van der Waals surface area contributed by atoms with Crippen LogP contribution in [-0.4, -0.2) is 76.9 Å². The third kappa shape index (κ3) is 1.74. The second kappa shape index (κ2) is 5.90. The third-order valence-corrected chi connectivity index (χ3v) is 11.1. The number of aromatic nitrogens is 1. The molecule has 1 aromatic rings. The number of carbonyl (C=O) groups is 1. The molecule has 6 fully saturated rings. The van der Waals surface area contributed by atoms with Crippen molar-refractivity contribution in [1.29, 1.82) is 0 Å². The molecule has 0 radical (unpaired) electrons. The minimum Gasteiger partial charge on any atom is -0.454 e. The fraction of sp³-hybridized carbons (Fsp3) is 0.800. The Morgan fingerprint density at radius 3 is 2.50 bits per heavy atom. The Kier molecular flexibility index (Phi) is 3.98. The molecule has 6 aliphatic rings. The Hall–Kier alpha value is -1.49. The van der Waals surface area contributed by atoms with Crippen LogP contribution in [0.3, 0.4) is 0 Å². The smallest absolute Gasteiger partial charge is 0.355 e. The zero-order valence-corrected chi connectivity index (χ0v) is 20.2. The van der Waals surface area contributed by atoms with Crippen molar-refractivity contribution < 1.29 is 39.8 Å². The van der Waals surface area contributed by atoms with Gasteiger partial charge in [0.05, 0.1) is 11.5 Å². The van der Waals surface area contributed by atoms with Crippen molar-refractivity contribution >= 4 is 5.97 Å². The zero-order chi connectivity index (χ0) is 24.9. The number of rotatable bonds is 3. The molecule has 6 N–H and O–H groups in total. The minimum atomic E-state index is -2.08. The molecular weight excluding hydrogens is 442 g/mol. The number of esters is 1. The highest BCUT2D eigenvalue weighted by Crippen LogP contribution is 2.89. The van der Waals surface area contributed by atoms with E-state index in [4.69, 9.17) is 9.47 Å². The molecule has 6 bridgehead atoms. The summed E-state index contributed by atoms with van der Waals surface area (Å²) in [7, 11) is 0. The van der Waals surface area contributed by atoms with Crippen molar-refractivity contribution in [2.24, 2.45) is 28.6 Å². The first-order chi connectivity index (χ1) is 15.6. The van der Waals surface area contributed by atoms with Gasteiger partial charge in [0.2, 0.25) is 0 Å². The molecule has 188 valence electrons. The van der Waals surface area contributed by atoms with Crippen LogP contribution in [0.5, 0.6) is 0 Å². The van der Waals surface area contributed by atoms with Gasteiger partial charge >= 0.3 is 5.97 Å². The van der Waals surface area contributed by atoms with Gasteiger partial charge in [-0.25, -0.2) is 4.79 Å². The second-order valence-electron chi connectivity index (χ2n) is 12.3. The number of aliphatic hydroxyl groups excluding tert-OH is 1. The van der Waals surface area contributed by atoms with Crippen LogP contribution in [0, 0.1) is 28.6 Å². The molecule has 3 heterocycles. The van der Waals surface area contributed by atoms with E-state index in [0.29, 0.717) is 6.42 Å². The normalized spacial score (nSPS) is 59.0. The van der Waals surface area contributed by atoms with Crippen molar-refractivity contribution in [1.82, 2.24) is 4.98 Å². The number of hydrogen-bond donors (Lipinski definition) is 6. The Labute approximate surface area is 198 Å². The van der Waals surface area contributed by atoms with Gasteiger partial charge in [0.25, 0.3) is 0 Å². The molecule has 0 unspecified atom stereocenters. The summed E-state index contributed by atoms with van der Waals surface area (Å²) < 4.78 is 12.3. The van der Waals surface area contributed by atoms with Gasteiger partial charge in [-0.3, -0.25) is 0 Å². The van der Waals surface area contributed by atoms with E-state index in [1.54, 1.807) is 46.0 Å². The second-order valence-corrected chi connectivity index (χ2v) is 12.3. The Morgan fingerprint density at radius 2 is 1.91 bits per heavy atom. The van der Waals surface area contributed by atoms with Crippen molar-refractivity contribution in [3.63, 3.8) is 0 Å². The van der Waals surface area contributed by atoms with E-state index >= 15 is 0 Å². The lowest BCUT2D eigenvalue weighted by Gasteiger charge is -2.60. The van der Waals surface area contributed by atoms with Crippen molar-refractivity contribution in [3.8, 4) is 0 Å². The molecule has 9 nitrogen and oxygen atoms in total. The lowest BCUT2D eigenvalue weighted by Crippen LogP contribution is -2.75. The Morgan fingerprint density at radius 1 is 1.24 bits per heavy atom. The first-order valence-electron chi connectivity index (χ1n) is 12.3. The summed E-state index contributed by atoms with van der Waals surface area (Å²) in [5, 5.41) is 61.2. The highest BCUT2D eigenvalue weighted by atomic mass is 16.7. The first-order valence-corrected chi connectivity index (χ1v) is 12.3. The molecule has 0 aromatic carbocycles. The van der Waals surface area contributed by atoms with Gasteiger partial charge in [-0.05, 0) is 43.7 Å². The molecule has 11 atom stereocenters. The number of nitrogens with one attached hydrogen (secondary N) is 1. The van der Waals surface area contributed by atoms with Crippen LogP contribution in [0.4, 0.5) is 0 Å². The van der Waals surface area contributed by atoms with Gasteiger partial charge in [0.15, 0.2) is 11.4 Å². The van der Waals surface area contributed by atoms with E-state index in [1.165, 1.54) is 0 Å². The molecule has 2 saturated heterocycles. The van der Waals surface area contributed by atoms with Gasteiger partial charge < -0.3 is 40.0 Å². The predicted molar refractivity (Wildman–Crippen MR) is 117 cm³/mol. The lowest BCUT2D eigenvalue weighted by molar-refractivity contribution is -0.385. The largest absolute Gasteiger partial charge is 0.454 e. The average Bonchev–Trinajstić information content (AvgIpc) is 3.39. The van der Waals surface area contributed by atoms with Gasteiger partial charge in [-0.15, -0.1) is 0 Å². The van der Waals surface area contributed by atoms with Crippen LogP contribution >= 0.6 is 0 Å². The summed E-state index contributed by atoms with van der Waals surface area (Å²) in [5.74, 6) is -4.68. The fourth-order valence-corrected chi connectivity index (χ4v) is 9.57. The van der Waals surface area contributed by atoms with Crippen LogP contribution in [-0.2, 0) is 9.47 Å². The Balaban J connectivity index is 1.64. The summed E-state index contributed by atoms with van der Waals surface area (Å²) in [6, 6.07) is 3.20. The molecule has 9 heteroatoms. The fourth-order valence-electron chi connectivity index (χ4n) is 9.57. The van der Waals surface area contributed by atoms with E-state index in [9.17, 15) is 30.3 Å². The maximum atomic E-state index is 13.1. The van der Waals surface area contributed by atoms with E-state index in [0.717, 1.165) is 0 Å². The molecule has 4 aliphatic carbocycles. The summed E-state index contributed by atoms with van der Waals surface area (Å²) in [4.78, 5) is 15.9. The predicted octanol–water partition coefficient (Wildman–Crippen LogP) is 0.697. The minimum absolute atomic E-state index is 0.0750. The van der Waals surface area contributed by atoms with Crippen LogP contribution in [0.15, 0.2) is 18.3 Å². The van der Waals surface area contributed by atoms with Gasteiger partial charge in [0.1, 0.15) is 28.6 Å². The van der Waals surface area contributed by atoms with E-state index in [1.807, 2.05) is 6.92 Å². The standard InChI is InChI=1S/C25H35NO8/c1-12(2)23(31)17(33-18(28)14-7-6-10-26-14)15-19(4)11-22(30)20(23,5)24(15,32)25(34-22)16(27)13(3)8-9-21(19,25)29/h6-7,10,12-13,15-17,26-27,29-32H,8-9,11H2,1-5H3/t13-,15-,16+,17-,19+,20-,21-,22-,23+,24-,25+/m0/s1. The van der Waals surface area contributed by atoms with Gasteiger partial charge in [-0.1, -0.05) is 27.7 Å². The van der Waals surface area contributed by atoms with Crippen molar-refractivity contribution in [3.05, 3.63) is 24.0 Å². The average molecular weight is 478 g/mol. The van der Waals surface area contributed by atoms with Crippen molar-refractivity contribution in [2.45, 2.75) is 94.3 Å². The molecule has 4 saturated carbocycles. The molecule has 0 amide bonds. The maximum absolute atomic E-state index is 13.1. The first kappa shape index (κ1) is 22.9. The third-order valence-electron chi connectivity index (χ3n) is 11.1. The molecule has 2 aliphatic heterocycles. The zero-order valence-electron chi connectivity index (χ0n) is 20.2. The quantitative estimate of drug-likeness (QED) is 0.348. The highest BCUT2D eigenvalue weighted by Gasteiger charge is 3.05. The van der Waals surface area contributed by atoms with E-state index in [-0.39, 0.29) is 24.5 Å². The van der Waals surface area contributed by atoms with Gasteiger partial charge in [0, 0.05) is 24.0 Å². The number of ether oxygens (including phenoxy) is 2. The van der Waals surface area contributed by atoms with Crippen LogP contribution in [0.2, 0.25) is 0 Å². The maximum Gasteiger partial charge on any atom is 0.355 e. The van der Waals surface area contributed by atoms with Crippen LogP contribution in [0.1, 0.15) is 64.4 Å². The molecule has 1 spiro atoms. The SMILES string of the molecule is CC(C)[C@@]1(O)[C@@H](OC(=O)c2ccc[nH]2)[C@@H]2[C@@]3(O)[C@]45O[C@@](O)(C[C@@]2(C)[C@@]4(O)CC[C@H](C)[C@H]5O)[C@]31C. The molecule has 7 rings (SSSR count). The van der Waals surface area contributed by atoms with E-state index in [2.05, 4.69) is 4.98 Å². The number of aromatic amines is 1. The summed E-state index contributed by atoms with van der Waals surface area (Å²) in [6.07, 6.45) is -0.327. The number of aliphatic hydroxyl groups is 5. The Bertz CT molecular complexity index is 1080. The lowest BCUT2D eigenvalue weighted by atomic mass is 9.54. The van der Waals surface area contributed by atoms with Crippen molar-refractivity contribution in [2.75, 3.05) is 0 Å². The molecule has 1 aromatic heterocycles. The highest BCUT2D eigenvalue weighted by molar-refractivity contribution is 5.87. The topological polar surface area (TPSA) is 152 Å². The van der Waals surface area contributed by atoms with E-state index < -0.39 is 69.0 Å². The van der Waals surface area contributed by atoms with Crippen LogP contribution in [0.25, 0.3) is 0 Å².